The molecule has 3 heteroatoms. The van der Waals surface area contributed by atoms with Gasteiger partial charge < -0.3 is 5.11 Å². The molecule has 0 aliphatic heterocycles. The van der Waals surface area contributed by atoms with Crippen molar-refractivity contribution < 1.29 is 9.90 Å². The fraction of sp³-hybridized carbons (Fsp3) is 0.417. The molecule has 1 rings (SSSR count). The van der Waals surface area contributed by atoms with Gasteiger partial charge in [-0.2, -0.15) is 12.6 Å². The van der Waals surface area contributed by atoms with Gasteiger partial charge >= 0.3 is 5.97 Å². The number of aromatic carboxylic acids is 1. The smallest absolute Gasteiger partial charge is 0.335 e. The zero-order chi connectivity index (χ0) is 11.4. The molecule has 1 unspecified atom stereocenters. The van der Waals surface area contributed by atoms with Crippen LogP contribution in [-0.4, -0.2) is 16.3 Å². The number of hydrogen-bond donors (Lipinski definition) is 2. The number of benzene rings is 1. The first kappa shape index (κ1) is 12.1. The van der Waals surface area contributed by atoms with E-state index in [0.717, 1.165) is 12.0 Å². The van der Waals surface area contributed by atoms with Crippen molar-refractivity contribution in [3.8, 4) is 0 Å². The van der Waals surface area contributed by atoms with Gasteiger partial charge in [0.05, 0.1) is 5.56 Å². The monoisotopic (exact) mass is 224 g/mol. The highest BCUT2D eigenvalue weighted by Crippen LogP contribution is 2.16. The normalized spacial score (nSPS) is 12.8. The van der Waals surface area contributed by atoms with Gasteiger partial charge in [0.25, 0.3) is 0 Å². The van der Waals surface area contributed by atoms with E-state index in [-0.39, 0.29) is 0 Å². The number of carboxylic acid groups (broad SMARTS) is 1. The van der Waals surface area contributed by atoms with E-state index in [2.05, 4.69) is 26.5 Å². The van der Waals surface area contributed by atoms with Crippen LogP contribution >= 0.6 is 12.6 Å². The second kappa shape index (κ2) is 5.21. The lowest BCUT2D eigenvalue weighted by atomic mass is 10.0. The van der Waals surface area contributed by atoms with Gasteiger partial charge in [-0.25, -0.2) is 4.79 Å². The summed E-state index contributed by atoms with van der Waals surface area (Å²) in [5.41, 5.74) is 1.47. The summed E-state index contributed by atoms with van der Waals surface area (Å²) in [6, 6.07) is 6.99. The Bertz CT molecular complexity index is 330. The fourth-order valence-corrected chi connectivity index (χ4v) is 1.47. The topological polar surface area (TPSA) is 37.3 Å². The highest BCUT2D eigenvalue weighted by Gasteiger charge is 2.09. The Morgan fingerprint density at radius 1 is 1.33 bits per heavy atom. The van der Waals surface area contributed by atoms with Crippen LogP contribution in [0.25, 0.3) is 0 Å². The van der Waals surface area contributed by atoms with E-state index in [9.17, 15) is 4.79 Å². The minimum absolute atomic E-state index is 0.320. The molecular formula is C12H16O2S. The molecule has 0 aliphatic carbocycles. The standard InChI is InChI=1S/C12H16O2S/c1-8(2)11(15)7-9-3-5-10(6-4-9)12(13)14/h3-6,8,11,15H,7H2,1-2H3,(H,13,14). The van der Waals surface area contributed by atoms with Gasteiger partial charge in [-0.1, -0.05) is 26.0 Å². The Morgan fingerprint density at radius 2 is 1.87 bits per heavy atom. The van der Waals surface area contributed by atoms with Crippen molar-refractivity contribution in [2.75, 3.05) is 0 Å². The first-order valence-electron chi connectivity index (χ1n) is 5.01. The molecule has 1 atom stereocenters. The molecule has 1 aromatic carbocycles. The molecule has 0 saturated carbocycles. The van der Waals surface area contributed by atoms with Crippen molar-refractivity contribution in [2.24, 2.45) is 5.92 Å². The van der Waals surface area contributed by atoms with Crippen molar-refractivity contribution >= 4 is 18.6 Å². The minimum Gasteiger partial charge on any atom is -0.478 e. The van der Waals surface area contributed by atoms with Crippen molar-refractivity contribution in [2.45, 2.75) is 25.5 Å². The van der Waals surface area contributed by atoms with Gasteiger partial charge in [0.2, 0.25) is 0 Å². The molecule has 0 saturated heterocycles. The van der Waals surface area contributed by atoms with E-state index >= 15 is 0 Å². The summed E-state index contributed by atoms with van der Waals surface area (Å²) in [6.45, 7) is 4.26. The summed E-state index contributed by atoms with van der Waals surface area (Å²) in [5, 5.41) is 9.05. The van der Waals surface area contributed by atoms with Crippen LogP contribution in [0.15, 0.2) is 24.3 Å². The first-order chi connectivity index (χ1) is 7.00. The molecule has 0 spiro atoms. The van der Waals surface area contributed by atoms with Crippen LogP contribution < -0.4 is 0 Å². The average molecular weight is 224 g/mol. The molecule has 0 radical (unpaired) electrons. The van der Waals surface area contributed by atoms with E-state index in [0.29, 0.717) is 16.7 Å². The summed E-state index contributed by atoms with van der Waals surface area (Å²) < 4.78 is 0. The molecule has 0 bridgehead atoms. The Morgan fingerprint density at radius 3 is 2.27 bits per heavy atom. The maximum absolute atomic E-state index is 10.6. The van der Waals surface area contributed by atoms with Gasteiger partial charge in [0.1, 0.15) is 0 Å². The predicted octanol–water partition coefficient (Wildman–Crippen LogP) is 2.88. The molecule has 2 nitrogen and oxygen atoms in total. The summed E-state index contributed by atoms with van der Waals surface area (Å²) in [5.74, 6) is -0.361. The zero-order valence-electron chi connectivity index (χ0n) is 8.97. The van der Waals surface area contributed by atoms with E-state index in [1.807, 2.05) is 12.1 Å². The summed E-state index contributed by atoms with van der Waals surface area (Å²) in [4.78, 5) is 10.6. The third-order valence-electron chi connectivity index (χ3n) is 2.42. The van der Waals surface area contributed by atoms with E-state index in [1.165, 1.54) is 0 Å². The van der Waals surface area contributed by atoms with Crippen LogP contribution in [0.3, 0.4) is 0 Å². The van der Waals surface area contributed by atoms with Crippen molar-refractivity contribution in [1.29, 1.82) is 0 Å². The number of rotatable bonds is 4. The molecular weight excluding hydrogens is 208 g/mol. The van der Waals surface area contributed by atoms with Crippen LogP contribution in [0.4, 0.5) is 0 Å². The van der Waals surface area contributed by atoms with Gasteiger partial charge in [-0.05, 0) is 30.0 Å². The quantitative estimate of drug-likeness (QED) is 0.772. The second-order valence-electron chi connectivity index (χ2n) is 4.02. The highest BCUT2D eigenvalue weighted by molar-refractivity contribution is 7.81. The third kappa shape index (κ3) is 3.59. The Balaban J connectivity index is 2.68. The number of carbonyl (C=O) groups is 1. The lowest BCUT2D eigenvalue weighted by Gasteiger charge is -2.14. The largest absolute Gasteiger partial charge is 0.478 e. The predicted molar refractivity (Wildman–Crippen MR) is 64.7 cm³/mol. The summed E-state index contributed by atoms with van der Waals surface area (Å²) in [7, 11) is 0. The van der Waals surface area contributed by atoms with Crippen LogP contribution in [-0.2, 0) is 6.42 Å². The SMILES string of the molecule is CC(C)C(S)Cc1ccc(C(=O)O)cc1. The summed E-state index contributed by atoms with van der Waals surface area (Å²) in [6.07, 6.45) is 0.876. The fourth-order valence-electron chi connectivity index (χ4n) is 1.26. The molecule has 0 amide bonds. The maximum Gasteiger partial charge on any atom is 0.335 e. The maximum atomic E-state index is 10.6. The second-order valence-corrected chi connectivity index (χ2v) is 4.68. The molecule has 1 aromatic rings. The Hall–Kier alpha value is -0.960. The molecule has 0 heterocycles. The molecule has 82 valence electrons. The molecule has 0 aliphatic rings. The minimum atomic E-state index is -0.882. The third-order valence-corrected chi connectivity index (χ3v) is 3.19. The number of thiol groups is 1. The van der Waals surface area contributed by atoms with Crippen molar-refractivity contribution in [3.63, 3.8) is 0 Å². The first-order valence-corrected chi connectivity index (χ1v) is 5.52. The van der Waals surface area contributed by atoms with Crippen LogP contribution in [0.5, 0.6) is 0 Å². The van der Waals surface area contributed by atoms with Gasteiger partial charge in [-0.15, -0.1) is 0 Å². The number of hydrogen-bond acceptors (Lipinski definition) is 2. The highest BCUT2D eigenvalue weighted by atomic mass is 32.1. The van der Waals surface area contributed by atoms with E-state index in [4.69, 9.17) is 5.11 Å². The lowest BCUT2D eigenvalue weighted by molar-refractivity contribution is 0.0697. The number of carboxylic acids is 1. The van der Waals surface area contributed by atoms with Crippen molar-refractivity contribution in [3.05, 3.63) is 35.4 Å². The lowest BCUT2D eigenvalue weighted by Crippen LogP contribution is -2.11. The molecule has 0 aromatic heterocycles. The van der Waals surface area contributed by atoms with Gasteiger partial charge in [-0.3, -0.25) is 0 Å². The molecule has 15 heavy (non-hydrogen) atoms. The Kier molecular flexibility index (Phi) is 4.21. The summed E-state index contributed by atoms with van der Waals surface area (Å²) >= 11 is 4.49. The average Bonchev–Trinajstić information content (AvgIpc) is 2.18. The van der Waals surface area contributed by atoms with Crippen LogP contribution in [0.2, 0.25) is 0 Å². The van der Waals surface area contributed by atoms with Crippen molar-refractivity contribution in [1.82, 2.24) is 0 Å². The molecule has 1 N–H and O–H groups in total. The van der Waals surface area contributed by atoms with E-state index < -0.39 is 5.97 Å². The van der Waals surface area contributed by atoms with Gasteiger partial charge in [0, 0.05) is 5.25 Å². The van der Waals surface area contributed by atoms with E-state index in [1.54, 1.807) is 12.1 Å². The van der Waals surface area contributed by atoms with Gasteiger partial charge in [0.15, 0.2) is 0 Å². The van der Waals surface area contributed by atoms with Crippen LogP contribution in [0, 0.1) is 5.92 Å². The molecule has 0 fully saturated rings. The zero-order valence-corrected chi connectivity index (χ0v) is 9.87. The van der Waals surface area contributed by atoms with Crippen LogP contribution in [0.1, 0.15) is 29.8 Å². The Labute approximate surface area is 95.7 Å².